The van der Waals surface area contributed by atoms with Crippen molar-refractivity contribution < 1.29 is 16.2 Å². The second-order valence-electron chi connectivity index (χ2n) is 1.31. The Morgan fingerprint density at radius 3 is 1.70 bits per heavy atom. The van der Waals surface area contributed by atoms with E-state index >= 15 is 0 Å². The molecule has 0 bridgehead atoms. The molecule has 4 nitrogen and oxygen atoms in total. The molecule has 0 amide bonds. The summed E-state index contributed by atoms with van der Waals surface area (Å²) in [5.74, 6) is 0. The average molecular weight is 264 g/mol. The first-order valence-electron chi connectivity index (χ1n) is 3.01. The molecule has 10 heavy (non-hydrogen) atoms. The molecule has 0 unspecified atom stereocenters. The molecule has 0 heterocycles. The molecule has 0 aromatic rings. The molecule has 0 saturated carbocycles. The molecule has 0 spiro atoms. The van der Waals surface area contributed by atoms with Gasteiger partial charge in [-0.15, -0.1) is 0 Å². The van der Waals surface area contributed by atoms with E-state index in [0.717, 1.165) is 0 Å². The molecule has 0 aliphatic carbocycles. The van der Waals surface area contributed by atoms with Crippen LogP contribution in [0.4, 0.5) is 0 Å². The first-order chi connectivity index (χ1) is 4.81. The number of rotatable bonds is 6. The summed E-state index contributed by atoms with van der Waals surface area (Å²) in [5, 5.41) is 0. The van der Waals surface area contributed by atoms with Crippen molar-refractivity contribution in [3.8, 4) is 0 Å². The minimum absolute atomic E-state index is 0.539. The number of alkyl halides is 1. The summed E-state index contributed by atoms with van der Waals surface area (Å²) in [6.45, 7) is 4.78. The van der Waals surface area contributed by atoms with Crippen molar-refractivity contribution in [1.29, 1.82) is 0 Å². The van der Waals surface area contributed by atoms with Gasteiger partial charge in [0.25, 0.3) is 0 Å². The van der Waals surface area contributed by atoms with Gasteiger partial charge in [0.05, 0.1) is 0 Å². The topological polar surface area (TPSA) is 36.9 Å². The van der Waals surface area contributed by atoms with Crippen LogP contribution in [0.3, 0.4) is 0 Å². The number of hydrogen-bond acceptors (Lipinski definition) is 4. The van der Waals surface area contributed by atoms with Gasteiger partial charge in [-0.25, -0.2) is 0 Å². The van der Waals surface area contributed by atoms with Crippen LogP contribution in [0, 0.1) is 0 Å². The predicted molar refractivity (Wildman–Crippen MR) is 45.4 cm³/mol. The van der Waals surface area contributed by atoms with Crippen LogP contribution in [0.15, 0.2) is 0 Å². The molecule has 64 valence electrons. The third-order valence-corrected chi connectivity index (χ3v) is 2.02. The van der Waals surface area contributed by atoms with Crippen molar-refractivity contribution in [3.05, 3.63) is 0 Å². The third-order valence-electron chi connectivity index (χ3n) is 0.502. The average Bonchev–Trinajstić information content (AvgIpc) is 1.97. The minimum atomic E-state index is -1.84. The van der Waals surface area contributed by atoms with Crippen molar-refractivity contribution in [2.24, 2.45) is 0 Å². The zero-order valence-electron chi connectivity index (χ0n) is 6.43. The van der Waals surface area contributed by atoms with Crippen molar-refractivity contribution in [1.82, 2.24) is 0 Å². The summed E-state index contributed by atoms with van der Waals surface area (Å²) in [7, 11) is 0. The first kappa shape index (κ1) is 10.6. The molecule has 5 heteroatoms. The molecule has 0 atom stereocenters. The molecule has 0 N–H and O–H groups in total. The quantitative estimate of drug-likeness (QED) is 0.318. The van der Waals surface area contributed by atoms with E-state index < -0.39 is 20.6 Å². The van der Waals surface area contributed by atoms with E-state index in [4.69, 9.17) is 6.43 Å². The van der Waals surface area contributed by atoms with E-state index in [9.17, 15) is 0 Å². The van der Waals surface area contributed by atoms with E-state index in [1.807, 2.05) is 18.8 Å². The van der Waals surface area contributed by atoms with Gasteiger partial charge in [0.15, 0.2) is 0 Å². The van der Waals surface area contributed by atoms with Gasteiger partial charge < -0.3 is 0 Å². The number of hydrogen-bond donors (Lipinski definition) is 0. The molecule has 0 rings (SSSR count). The Kier molecular flexibility index (Phi) is 8.11. The van der Waals surface area contributed by atoms with Gasteiger partial charge in [-0.3, -0.25) is 0 Å². The van der Waals surface area contributed by atoms with Gasteiger partial charge in [-0.1, -0.05) is 0 Å². The van der Waals surface area contributed by atoms with Crippen LogP contribution in [-0.4, -0.2) is 18.1 Å². The van der Waals surface area contributed by atoms with Crippen LogP contribution in [0.5, 0.6) is 0 Å². The summed E-state index contributed by atoms with van der Waals surface area (Å²) < 4.78 is 9.61. The molecule has 0 saturated heterocycles. The van der Waals surface area contributed by atoms with E-state index in [1.165, 1.54) is 0 Å². The van der Waals surface area contributed by atoms with Crippen LogP contribution >= 0.6 is 20.6 Å². The second kappa shape index (κ2) is 7.67. The van der Waals surface area contributed by atoms with Crippen molar-refractivity contribution in [3.63, 3.8) is 0 Å². The zero-order chi connectivity index (χ0) is 7.82. The maximum atomic E-state index is 4.80. The predicted octanol–water partition coefficient (Wildman–Crippen LogP) is 1.89. The Balaban J connectivity index is 3.00. The second-order valence-corrected chi connectivity index (χ2v) is 4.15. The van der Waals surface area contributed by atoms with Crippen LogP contribution in [0.2, 0.25) is 0 Å². The molecular weight excluding hydrogens is 251 g/mol. The van der Waals surface area contributed by atoms with Gasteiger partial charge in [-0.2, -0.15) is 0 Å². The molecule has 0 radical (unpaired) electrons. The van der Waals surface area contributed by atoms with E-state index in [2.05, 4.69) is 9.78 Å². The van der Waals surface area contributed by atoms with Gasteiger partial charge in [0.1, 0.15) is 0 Å². The summed E-state index contributed by atoms with van der Waals surface area (Å²) in [4.78, 5) is 11.2. The standard InChI is InChI=1S/C5H13IO4/c1-4-7-9-6(3)10-8-5-2/h4-5H2,1-3H3. The molecular formula is C5H13IO4. The SMILES string of the molecule is CCOOI(C)OOCC. The zero-order valence-corrected chi connectivity index (χ0v) is 8.58. The maximum absolute atomic E-state index is 4.80. The fourth-order valence-corrected chi connectivity index (χ4v) is 1.51. The van der Waals surface area contributed by atoms with E-state index in [-0.39, 0.29) is 0 Å². The Bertz CT molecular complexity index is 62.7. The van der Waals surface area contributed by atoms with Gasteiger partial charge in [0.2, 0.25) is 0 Å². The normalized spacial score (nSPS) is 11.7. The van der Waals surface area contributed by atoms with Crippen LogP contribution < -0.4 is 0 Å². The van der Waals surface area contributed by atoms with Crippen LogP contribution in [0.1, 0.15) is 13.8 Å². The van der Waals surface area contributed by atoms with Crippen molar-refractivity contribution >= 4 is 20.6 Å². The van der Waals surface area contributed by atoms with E-state index in [0.29, 0.717) is 13.2 Å². The summed E-state index contributed by atoms with van der Waals surface area (Å²) in [6.07, 6.45) is 0. The fraction of sp³-hybridized carbons (Fsp3) is 1.00. The Morgan fingerprint density at radius 2 is 1.40 bits per heavy atom. The molecule has 0 aliphatic heterocycles. The van der Waals surface area contributed by atoms with Crippen LogP contribution in [0.25, 0.3) is 0 Å². The summed E-state index contributed by atoms with van der Waals surface area (Å²) in [5.41, 5.74) is 0. The van der Waals surface area contributed by atoms with Gasteiger partial charge in [0, 0.05) is 0 Å². The van der Waals surface area contributed by atoms with Crippen molar-refractivity contribution in [2.75, 3.05) is 18.1 Å². The Hall–Kier alpha value is 0.570. The third kappa shape index (κ3) is 6.69. The summed E-state index contributed by atoms with van der Waals surface area (Å²) in [6, 6.07) is 0. The molecule has 0 aromatic heterocycles. The molecule has 0 fully saturated rings. The Labute approximate surface area is 69.1 Å². The summed E-state index contributed by atoms with van der Waals surface area (Å²) >= 11 is -1.84. The Morgan fingerprint density at radius 1 is 1.00 bits per heavy atom. The molecule has 0 aliphatic rings. The van der Waals surface area contributed by atoms with E-state index in [1.54, 1.807) is 0 Å². The molecule has 0 aromatic carbocycles. The van der Waals surface area contributed by atoms with Gasteiger partial charge >= 0.3 is 68.9 Å². The van der Waals surface area contributed by atoms with Crippen molar-refractivity contribution in [2.45, 2.75) is 13.8 Å². The fourth-order valence-electron chi connectivity index (χ4n) is 0.225. The number of halogens is 1. The van der Waals surface area contributed by atoms with Crippen LogP contribution in [-0.2, 0) is 16.2 Å². The monoisotopic (exact) mass is 264 g/mol. The first-order valence-corrected chi connectivity index (χ1v) is 6.93. The van der Waals surface area contributed by atoms with Gasteiger partial charge in [-0.05, 0) is 0 Å².